The first kappa shape index (κ1) is 25.6. The van der Waals surface area contributed by atoms with Gasteiger partial charge < -0.3 is 20.5 Å². The Balaban J connectivity index is 1.66. The van der Waals surface area contributed by atoms with Gasteiger partial charge in [0, 0.05) is 5.92 Å². The number of hydrogen-bond acceptors (Lipinski definition) is 5. The number of amides is 2. The Morgan fingerprint density at radius 3 is 2.15 bits per heavy atom. The quantitative estimate of drug-likeness (QED) is 0.440. The molecule has 1 aliphatic rings. The molecule has 0 saturated heterocycles. The number of carboxylic acid groups (broad SMARTS) is 1. The maximum Gasteiger partial charge on any atom is 0.407 e. The number of aliphatic carboxylic acids is 1. The Bertz CT molecular complexity index is 982. The van der Waals surface area contributed by atoms with E-state index in [1.54, 1.807) is 0 Å². The number of hydrogen-bond donors (Lipinski definition) is 3. The van der Waals surface area contributed by atoms with Gasteiger partial charge in [0.05, 0.1) is 0 Å². The topological polar surface area (TPSA) is 105 Å². The standard InChI is InChI=1S/C26H32N2O5S/c1-4-16(2)23(24(29)27-22(25(30)31)13-14-34-3)28-26(32)33-15-21-19-11-7-5-9-17(19)18-10-6-8-12-20(18)21/h5-12,16,21-23H,4,13-15H2,1-3H3,(H,27,29)(H,28,32)(H,30,31)/t16?,22-,23?/m0/s1. The minimum atomic E-state index is -1.09. The number of carbonyl (C=O) groups excluding carboxylic acids is 2. The van der Waals surface area contributed by atoms with E-state index >= 15 is 0 Å². The first-order valence-electron chi connectivity index (χ1n) is 11.5. The zero-order valence-electron chi connectivity index (χ0n) is 19.7. The minimum Gasteiger partial charge on any atom is -0.480 e. The molecule has 2 aromatic rings. The summed E-state index contributed by atoms with van der Waals surface area (Å²) in [4.78, 5) is 37.2. The second-order valence-corrected chi connectivity index (χ2v) is 9.50. The molecular weight excluding hydrogens is 452 g/mol. The SMILES string of the molecule is CCC(C)C(NC(=O)OCC1c2ccccc2-c2ccccc21)C(=O)N[C@@H](CCSC)C(=O)O. The molecule has 182 valence electrons. The zero-order chi connectivity index (χ0) is 24.7. The predicted molar refractivity (Wildman–Crippen MR) is 134 cm³/mol. The molecule has 0 bridgehead atoms. The lowest BCUT2D eigenvalue weighted by molar-refractivity contribution is -0.142. The highest BCUT2D eigenvalue weighted by molar-refractivity contribution is 7.98. The van der Waals surface area contributed by atoms with Crippen molar-refractivity contribution in [1.82, 2.24) is 10.6 Å². The third-order valence-corrected chi connectivity index (χ3v) is 6.98. The van der Waals surface area contributed by atoms with Gasteiger partial charge in [-0.1, -0.05) is 68.8 Å². The van der Waals surface area contributed by atoms with Gasteiger partial charge in [0.15, 0.2) is 0 Å². The van der Waals surface area contributed by atoms with E-state index in [9.17, 15) is 19.5 Å². The molecule has 0 saturated carbocycles. The van der Waals surface area contributed by atoms with Gasteiger partial charge in [-0.05, 0) is 46.6 Å². The number of ether oxygens (including phenoxy) is 1. The fraction of sp³-hybridized carbons (Fsp3) is 0.423. The van der Waals surface area contributed by atoms with Crippen LogP contribution in [0.25, 0.3) is 11.1 Å². The van der Waals surface area contributed by atoms with Crippen molar-refractivity contribution < 1.29 is 24.2 Å². The smallest absolute Gasteiger partial charge is 0.407 e. The van der Waals surface area contributed by atoms with Gasteiger partial charge in [0.2, 0.25) is 5.91 Å². The molecule has 3 rings (SSSR count). The number of carboxylic acids is 1. The van der Waals surface area contributed by atoms with Crippen molar-refractivity contribution in [2.75, 3.05) is 18.6 Å². The van der Waals surface area contributed by atoms with Gasteiger partial charge in [0.1, 0.15) is 18.7 Å². The maximum absolute atomic E-state index is 12.9. The number of carbonyl (C=O) groups is 3. The largest absolute Gasteiger partial charge is 0.480 e. The van der Waals surface area contributed by atoms with Crippen molar-refractivity contribution in [3.05, 3.63) is 59.7 Å². The Morgan fingerprint density at radius 1 is 1.03 bits per heavy atom. The van der Waals surface area contributed by atoms with Crippen LogP contribution in [0.4, 0.5) is 4.79 Å². The molecule has 0 radical (unpaired) electrons. The van der Waals surface area contributed by atoms with Gasteiger partial charge in [-0.25, -0.2) is 9.59 Å². The van der Waals surface area contributed by atoms with Crippen LogP contribution in [0.2, 0.25) is 0 Å². The first-order chi connectivity index (χ1) is 16.4. The molecule has 2 aromatic carbocycles. The van der Waals surface area contributed by atoms with Gasteiger partial charge in [0.25, 0.3) is 0 Å². The van der Waals surface area contributed by atoms with Crippen molar-refractivity contribution in [2.24, 2.45) is 5.92 Å². The molecule has 0 spiro atoms. The van der Waals surface area contributed by atoms with Crippen LogP contribution in [0.3, 0.4) is 0 Å². The fourth-order valence-electron chi connectivity index (χ4n) is 4.22. The number of benzene rings is 2. The summed E-state index contributed by atoms with van der Waals surface area (Å²) in [5, 5.41) is 14.7. The van der Waals surface area contributed by atoms with E-state index in [4.69, 9.17) is 4.74 Å². The second kappa shape index (κ2) is 11.9. The molecular formula is C26H32N2O5S. The first-order valence-corrected chi connectivity index (χ1v) is 12.9. The van der Waals surface area contributed by atoms with E-state index in [0.717, 1.165) is 22.3 Å². The predicted octanol–water partition coefficient (Wildman–Crippen LogP) is 4.26. The number of nitrogens with one attached hydrogen (secondary N) is 2. The molecule has 0 aromatic heterocycles. The lowest BCUT2D eigenvalue weighted by atomic mass is 9.97. The molecule has 3 N–H and O–H groups in total. The average Bonchev–Trinajstić information content (AvgIpc) is 3.16. The Kier molecular flexibility index (Phi) is 8.98. The van der Waals surface area contributed by atoms with Crippen molar-refractivity contribution in [3.8, 4) is 11.1 Å². The molecule has 2 unspecified atom stereocenters. The molecule has 0 aliphatic heterocycles. The summed E-state index contributed by atoms with van der Waals surface area (Å²) in [7, 11) is 0. The van der Waals surface area contributed by atoms with E-state index in [1.165, 1.54) is 11.8 Å². The van der Waals surface area contributed by atoms with Crippen LogP contribution < -0.4 is 10.6 Å². The van der Waals surface area contributed by atoms with Crippen molar-refractivity contribution >= 4 is 29.7 Å². The van der Waals surface area contributed by atoms with Crippen molar-refractivity contribution in [3.63, 3.8) is 0 Å². The molecule has 0 fully saturated rings. The summed E-state index contributed by atoms with van der Waals surface area (Å²) in [5.74, 6) is -1.29. The van der Waals surface area contributed by atoms with Crippen LogP contribution in [0, 0.1) is 5.92 Å². The highest BCUT2D eigenvalue weighted by Gasteiger charge is 2.32. The molecule has 8 heteroatoms. The number of rotatable bonds is 11. The lowest BCUT2D eigenvalue weighted by Gasteiger charge is -2.25. The van der Waals surface area contributed by atoms with Crippen LogP contribution in [0.5, 0.6) is 0 Å². The number of alkyl carbamates (subject to hydrolysis) is 1. The minimum absolute atomic E-state index is 0.0861. The van der Waals surface area contributed by atoms with E-state index in [2.05, 4.69) is 22.8 Å². The van der Waals surface area contributed by atoms with Crippen molar-refractivity contribution in [2.45, 2.75) is 44.7 Å². The van der Waals surface area contributed by atoms with Crippen LogP contribution in [0.1, 0.15) is 43.7 Å². The third kappa shape index (κ3) is 5.91. The van der Waals surface area contributed by atoms with Crippen molar-refractivity contribution in [1.29, 1.82) is 0 Å². The third-order valence-electron chi connectivity index (χ3n) is 6.34. The summed E-state index contributed by atoms with van der Waals surface area (Å²) in [6, 6.07) is 14.2. The van der Waals surface area contributed by atoms with Gasteiger partial charge in [-0.2, -0.15) is 11.8 Å². The van der Waals surface area contributed by atoms with E-state index in [0.29, 0.717) is 18.6 Å². The molecule has 1 aliphatic carbocycles. The monoisotopic (exact) mass is 484 g/mol. The maximum atomic E-state index is 12.9. The van der Waals surface area contributed by atoms with Crippen LogP contribution >= 0.6 is 11.8 Å². The Hall–Kier alpha value is -3.00. The summed E-state index contributed by atoms with van der Waals surface area (Å²) >= 11 is 1.51. The van der Waals surface area contributed by atoms with Crippen LogP contribution in [-0.2, 0) is 14.3 Å². The summed E-state index contributed by atoms with van der Waals surface area (Å²) in [6.45, 7) is 3.89. The number of fused-ring (bicyclic) bond motifs is 3. The van der Waals surface area contributed by atoms with E-state index < -0.39 is 30.1 Å². The summed E-state index contributed by atoms with van der Waals surface area (Å²) in [5.41, 5.74) is 4.47. The molecule has 2 amide bonds. The highest BCUT2D eigenvalue weighted by atomic mass is 32.2. The van der Waals surface area contributed by atoms with Gasteiger partial charge in [-0.3, -0.25) is 4.79 Å². The molecule has 3 atom stereocenters. The van der Waals surface area contributed by atoms with Gasteiger partial charge >= 0.3 is 12.1 Å². The number of thioether (sulfide) groups is 1. The normalized spacial score (nSPS) is 14.9. The summed E-state index contributed by atoms with van der Waals surface area (Å²) in [6.07, 6.45) is 2.12. The lowest BCUT2D eigenvalue weighted by Crippen LogP contribution is -2.54. The Labute approximate surface area is 204 Å². The fourth-order valence-corrected chi connectivity index (χ4v) is 4.69. The highest BCUT2D eigenvalue weighted by Crippen LogP contribution is 2.44. The van der Waals surface area contributed by atoms with Crippen LogP contribution in [-0.4, -0.2) is 53.8 Å². The average molecular weight is 485 g/mol. The molecule has 0 heterocycles. The summed E-state index contributed by atoms with van der Waals surface area (Å²) < 4.78 is 5.58. The molecule has 7 nitrogen and oxygen atoms in total. The van der Waals surface area contributed by atoms with Gasteiger partial charge in [-0.15, -0.1) is 0 Å². The second-order valence-electron chi connectivity index (χ2n) is 8.51. The molecule has 34 heavy (non-hydrogen) atoms. The van der Waals surface area contributed by atoms with Crippen LogP contribution in [0.15, 0.2) is 48.5 Å². The van der Waals surface area contributed by atoms with E-state index in [1.807, 2.05) is 56.5 Å². The van der Waals surface area contributed by atoms with E-state index in [-0.39, 0.29) is 18.4 Å². The Morgan fingerprint density at radius 2 is 1.62 bits per heavy atom. The zero-order valence-corrected chi connectivity index (χ0v) is 20.6.